The number of benzene rings is 1. The number of terminal acetylenes is 1. The van der Waals surface area contributed by atoms with E-state index in [9.17, 15) is 4.39 Å². The molecule has 0 N–H and O–H groups in total. The smallest absolute Gasteiger partial charge is 0.133 e. The van der Waals surface area contributed by atoms with E-state index in [-0.39, 0.29) is 10.8 Å². The van der Waals surface area contributed by atoms with Crippen LogP contribution in [0.1, 0.15) is 6.92 Å². The van der Waals surface area contributed by atoms with Crippen molar-refractivity contribution in [2.45, 2.75) is 6.92 Å². The minimum atomic E-state index is -0.596. The molecule has 0 unspecified atom stereocenters. The van der Waals surface area contributed by atoms with Gasteiger partial charge < -0.3 is 0 Å². The van der Waals surface area contributed by atoms with Crippen LogP contribution in [0.3, 0.4) is 0 Å². The van der Waals surface area contributed by atoms with Crippen molar-refractivity contribution in [3.05, 3.63) is 34.5 Å². The van der Waals surface area contributed by atoms with Gasteiger partial charge in [0.25, 0.3) is 0 Å². The molecule has 0 aliphatic rings. The predicted octanol–water partition coefficient (Wildman–Crippen LogP) is 0.827. The van der Waals surface area contributed by atoms with Gasteiger partial charge in [-0.05, 0) is 24.3 Å². The molecule has 0 amide bonds. The van der Waals surface area contributed by atoms with E-state index in [1.807, 2.05) is 6.07 Å². The largest absolute Gasteiger partial charge is 0.206 e. The Morgan fingerprint density at radius 3 is 2.44 bits per heavy atom. The first-order valence-electron chi connectivity index (χ1n) is 4.41. The van der Waals surface area contributed by atoms with Crippen molar-refractivity contribution >= 4 is 11.1 Å². The maximum absolute atomic E-state index is 13.6. The zero-order valence-corrected chi connectivity index (χ0v) is 8.58. The van der Waals surface area contributed by atoms with Crippen molar-refractivity contribution in [2.24, 2.45) is 0 Å². The van der Waals surface area contributed by atoms with Gasteiger partial charge in [-0.25, -0.2) is 4.39 Å². The van der Waals surface area contributed by atoms with Gasteiger partial charge in [-0.3, -0.25) is 0 Å². The third kappa shape index (κ3) is 2.08. The van der Waals surface area contributed by atoms with Crippen LogP contribution in [0.25, 0.3) is 11.1 Å². The molecule has 1 rings (SSSR count). The molecule has 2 nitrogen and oxygen atoms in total. The second-order valence-corrected chi connectivity index (χ2v) is 3.06. The fourth-order valence-corrected chi connectivity index (χ4v) is 1.19. The lowest BCUT2D eigenvalue weighted by molar-refractivity contribution is 0.617. The summed E-state index contributed by atoms with van der Waals surface area (Å²) in [6.07, 6.45) is 5.07. The van der Waals surface area contributed by atoms with Crippen LogP contribution in [0.15, 0.2) is 18.2 Å². The van der Waals surface area contributed by atoms with Gasteiger partial charge in [0.1, 0.15) is 17.5 Å². The Balaban J connectivity index is 3.72. The van der Waals surface area contributed by atoms with Crippen molar-refractivity contribution in [2.75, 3.05) is 0 Å². The van der Waals surface area contributed by atoms with Crippen molar-refractivity contribution in [1.29, 1.82) is 10.5 Å². The Morgan fingerprint density at radius 1 is 1.31 bits per heavy atom. The summed E-state index contributed by atoms with van der Waals surface area (Å²) in [5.41, 5.74) is 0.350. The highest BCUT2D eigenvalue weighted by Crippen LogP contribution is 1.92. The zero-order chi connectivity index (χ0) is 12.1. The quantitative estimate of drug-likeness (QED) is 0.595. The van der Waals surface area contributed by atoms with Gasteiger partial charge in [0, 0.05) is 10.8 Å². The third-order valence-corrected chi connectivity index (χ3v) is 2.10. The van der Waals surface area contributed by atoms with Crippen LogP contribution < -0.4 is 10.4 Å². The maximum atomic E-state index is 13.6. The van der Waals surface area contributed by atoms with Crippen LogP contribution in [0, 0.1) is 40.8 Å². The molecular weight excluding hydrogens is 203 g/mol. The normalized spacial score (nSPS) is 12.9. The monoisotopic (exact) mass is 210 g/mol. The number of nitriles is 2. The third-order valence-electron chi connectivity index (χ3n) is 2.10. The van der Waals surface area contributed by atoms with E-state index in [2.05, 4.69) is 5.92 Å². The number of hydrogen-bond acceptors (Lipinski definition) is 2. The van der Waals surface area contributed by atoms with E-state index < -0.39 is 5.82 Å². The van der Waals surface area contributed by atoms with Crippen LogP contribution >= 0.6 is 0 Å². The van der Waals surface area contributed by atoms with Crippen LogP contribution in [-0.2, 0) is 0 Å². The summed E-state index contributed by atoms with van der Waals surface area (Å²) in [6, 6.07) is 7.83. The molecule has 0 heterocycles. The minimum absolute atomic E-state index is 0.0568. The van der Waals surface area contributed by atoms with Gasteiger partial charge in [0.05, 0.1) is 6.07 Å². The molecule has 0 radical (unpaired) electrons. The van der Waals surface area contributed by atoms with E-state index in [1.165, 1.54) is 12.1 Å². The molecule has 1 aromatic carbocycles. The molecule has 16 heavy (non-hydrogen) atoms. The molecule has 0 bridgehead atoms. The molecule has 76 valence electrons. The molecule has 0 aromatic heterocycles. The second kappa shape index (κ2) is 4.78. The van der Waals surface area contributed by atoms with Crippen LogP contribution in [0.2, 0.25) is 0 Å². The summed E-state index contributed by atoms with van der Waals surface area (Å²) < 4.78 is 13.6. The number of halogens is 1. The Morgan fingerprint density at radius 2 is 2.00 bits per heavy atom. The van der Waals surface area contributed by atoms with Crippen LogP contribution in [0.5, 0.6) is 0 Å². The highest BCUT2D eigenvalue weighted by Gasteiger charge is 2.00. The molecule has 3 heteroatoms. The molecule has 0 spiro atoms. The summed E-state index contributed by atoms with van der Waals surface area (Å²) in [5.74, 6) is 1.52. The van der Waals surface area contributed by atoms with Crippen LogP contribution in [-0.4, -0.2) is 0 Å². The lowest BCUT2D eigenvalue weighted by Gasteiger charge is -1.93. The van der Waals surface area contributed by atoms with E-state index in [4.69, 9.17) is 16.9 Å². The fraction of sp³-hybridized carbons (Fsp3) is 0.0769. The maximum Gasteiger partial charge on any atom is 0.133 e. The molecule has 1 aromatic rings. The van der Waals surface area contributed by atoms with Gasteiger partial charge in [-0.1, -0.05) is 12.0 Å². The minimum Gasteiger partial charge on any atom is -0.206 e. The highest BCUT2D eigenvalue weighted by molar-refractivity contribution is 5.74. The molecule has 0 aliphatic carbocycles. The zero-order valence-electron chi connectivity index (χ0n) is 8.58. The Labute approximate surface area is 92.6 Å². The molecular formula is C13H7FN2. The van der Waals surface area contributed by atoms with E-state index in [1.54, 1.807) is 19.1 Å². The first kappa shape index (κ1) is 11.5. The Kier molecular flexibility index (Phi) is 3.44. The van der Waals surface area contributed by atoms with Crippen molar-refractivity contribution in [3.63, 3.8) is 0 Å². The Bertz CT molecular complexity index is 648. The molecule has 0 saturated heterocycles. The van der Waals surface area contributed by atoms with Gasteiger partial charge >= 0.3 is 0 Å². The summed E-state index contributed by atoms with van der Waals surface area (Å²) in [7, 11) is 0. The molecule has 0 saturated carbocycles. The highest BCUT2D eigenvalue weighted by atomic mass is 19.1. The first-order valence-corrected chi connectivity index (χ1v) is 4.41. The first-order chi connectivity index (χ1) is 7.63. The van der Waals surface area contributed by atoms with Crippen LogP contribution in [0.4, 0.5) is 4.39 Å². The molecule has 0 fully saturated rings. The summed E-state index contributed by atoms with van der Waals surface area (Å²) in [6.45, 7) is 1.59. The average molecular weight is 210 g/mol. The molecule has 0 atom stereocenters. The van der Waals surface area contributed by atoms with E-state index in [0.29, 0.717) is 10.8 Å². The average Bonchev–Trinajstić information content (AvgIpc) is 2.31. The number of rotatable bonds is 0. The SMILES string of the molecule is C#C/C(C#N)=c1/cc/c(=C(/C)C#N)cc1F. The summed E-state index contributed by atoms with van der Waals surface area (Å²) >= 11 is 0. The lowest BCUT2D eigenvalue weighted by atomic mass is 10.1. The van der Waals surface area contributed by atoms with Crippen molar-refractivity contribution in [1.82, 2.24) is 0 Å². The topological polar surface area (TPSA) is 47.6 Å². The molecule has 0 aliphatic heterocycles. The number of hydrogen-bond donors (Lipinski definition) is 0. The van der Waals surface area contributed by atoms with E-state index >= 15 is 0 Å². The fourth-order valence-electron chi connectivity index (χ4n) is 1.19. The second-order valence-electron chi connectivity index (χ2n) is 3.06. The predicted molar refractivity (Wildman–Crippen MR) is 58.2 cm³/mol. The van der Waals surface area contributed by atoms with Gasteiger partial charge in [0.15, 0.2) is 0 Å². The van der Waals surface area contributed by atoms with Crippen molar-refractivity contribution < 1.29 is 4.39 Å². The summed E-state index contributed by atoms with van der Waals surface area (Å²) in [5, 5.41) is 17.9. The van der Waals surface area contributed by atoms with Gasteiger partial charge in [-0.15, -0.1) is 6.42 Å². The summed E-state index contributed by atoms with van der Waals surface area (Å²) in [4.78, 5) is 0. The number of nitrogens with zero attached hydrogens (tertiary/aromatic N) is 2. The van der Waals surface area contributed by atoms with Crippen molar-refractivity contribution in [3.8, 4) is 24.5 Å². The van der Waals surface area contributed by atoms with E-state index in [0.717, 1.165) is 0 Å². The Hall–Kier alpha value is -2.57. The van der Waals surface area contributed by atoms with Gasteiger partial charge in [-0.2, -0.15) is 10.5 Å². The standard InChI is InChI=1S/C13H7FN2/c1-3-10(8-16)12-5-4-11(6-13(12)14)9(2)7-15/h1,4-6H,2H3/b11-9+,12-10+. The van der Waals surface area contributed by atoms with Gasteiger partial charge in [0.2, 0.25) is 0 Å². The lowest BCUT2D eigenvalue weighted by Crippen LogP contribution is -2.16.